The molecule has 7 nitrogen and oxygen atoms in total. The molecule has 1 aliphatic heterocycles. The number of nitrogens with one attached hydrogen (secondary N) is 1. The molecule has 1 amide bonds. The van der Waals surface area contributed by atoms with E-state index in [1.165, 1.54) is 0 Å². The number of hydrogen-bond donors (Lipinski definition) is 3. The van der Waals surface area contributed by atoms with E-state index in [9.17, 15) is 4.79 Å². The van der Waals surface area contributed by atoms with Crippen LogP contribution in [0.1, 0.15) is 12.0 Å². The molecule has 0 bridgehead atoms. The standard InChI is InChI=1S/C11H16N4O3/c1-8-3-2-4-9(7-8)14-6-5-10(11(14)16)18-13-15(12)17/h2-4,7,10,13,17H,5-6,12H2,1H3/t10-/m1/s1. The number of anilines is 1. The molecule has 1 fully saturated rings. The normalized spacial score (nSPS) is 19.9. The Morgan fingerprint density at radius 2 is 2.39 bits per heavy atom. The number of amides is 1. The minimum absolute atomic E-state index is 0.157. The zero-order valence-electron chi connectivity index (χ0n) is 10.0. The highest BCUT2D eigenvalue weighted by Gasteiger charge is 2.34. The molecule has 1 aromatic carbocycles. The lowest BCUT2D eigenvalue weighted by Crippen LogP contribution is -2.44. The number of nitrogens with zero attached hydrogens (tertiary/aromatic N) is 2. The van der Waals surface area contributed by atoms with Crippen molar-refractivity contribution in [3.05, 3.63) is 29.8 Å². The van der Waals surface area contributed by atoms with Crippen LogP contribution in [-0.4, -0.2) is 29.0 Å². The van der Waals surface area contributed by atoms with E-state index in [-0.39, 0.29) is 11.2 Å². The van der Waals surface area contributed by atoms with Gasteiger partial charge in [0.25, 0.3) is 5.91 Å². The second kappa shape index (κ2) is 5.42. The third-order valence-electron chi connectivity index (χ3n) is 2.76. The summed E-state index contributed by atoms with van der Waals surface area (Å²) in [6, 6.07) is 7.69. The number of hydrazine groups is 2. The third-order valence-corrected chi connectivity index (χ3v) is 2.76. The summed E-state index contributed by atoms with van der Waals surface area (Å²) in [6.45, 7) is 2.54. The van der Waals surface area contributed by atoms with Crippen molar-refractivity contribution < 1.29 is 14.8 Å². The Bertz CT molecular complexity index is 438. The number of hydrogen-bond acceptors (Lipinski definition) is 6. The molecule has 98 valence electrons. The average Bonchev–Trinajstić information content (AvgIpc) is 2.68. The van der Waals surface area contributed by atoms with E-state index in [2.05, 4.69) is 0 Å². The van der Waals surface area contributed by atoms with E-state index in [0.29, 0.717) is 13.0 Å². The van der Waals surface area contributed by atoms with Crippen LogP contribution >= 0.6 is 0 Å². The Balaban J connectivity index is 2.03. The van der Waals surface area contributed by atoms with Crippen molar-refractivity contribution in [3.8, 4) is 0 Å². The quantitative estimate of drug-likeness (QED) is 0.520. The molecular formula is C11H16N4O3. The summed E-state index contributed by atoms with van der Waals surface area (Å²) in [7, 11) is 0. The number of benzene rings is 1. The van der Waals surface area contributed by atoms with Crippen molar-refractivity contribution in [3.63, 3.8) is 0 Å². The summed E-state index contributed by atoms with van der Waals surface area (Å²) in [5, 5.41) is 8.84. The van der Waals surface area contributed by atoms with Crippen LogP contribution in [0.25, 0.3) is 0 Å². The van der Waals surface area contributed by atoms with Gasteiger partial charge in [-0.2, -0.15) is 0 Å². The van der Waals surface area contributed by atoms with Gasteiger partial charge in [0.15, 0.2) is 6.10 Å². The maximum atomic E-state index is 12.0. The van der Waals surface area contributed by atoms with Gasteiger partial charge in [0.05, 0.1) is 0 Å². The molecule has 1 aliphatic rings. The molecule has 7 heteroatoms. The van der Waals surface area contributed by atoms with E-state index in [1.54, 1.807) is 4.90 Å². The molecule has 18 heavy (non-hydrogen) atoms. The largest absolute Gasteiger partial charge is 0.310 e. The first-order valence-electron chi connectivity index (χ1n) is 5.61. The summed E-state index contributed by atoms with van der Waals surface area (Å²) >= 11 is 0. The van der Waals surface area contributed by atoms with Crippen molar-refractivity contribution in [2.75, 3.05) is 11.4 Å². The number of nitrogens with two attached hydrogens (primary N) is 1. The maximum Gasteiger partial charge on any atom is 0.258 e. The van der Waals surface area contributed by atoms with E-state index < -0.39 is 6.10 Å². The lowest BCUT2D eigenvalue weighted by molar-refractivity contribution is -0.252. The maximum absolute atomic E-state index is 12.0. The molecule has 1 heterocycles. The van der Waals surface area contributed by atoms with Gasteiger partial charge < -0.3 is 4.90 Å². The van der Waals surface area contributed by atoms with Crippen molar-refractivity contribution in [1.82, 2.24) is 10.9 Å². The SMILES string of the molecule is Cc1cccc(N2CC[C@@H](ONN(N)O)C2=O)c1. The summed E-state index contributed by atoms with van der Waals surface area (Å²) in [6.07, 6.45) is -0.114. The van der Waals surface area contributed by atoms with Gasteiger partial charge in [0.1, 0.15) is 0 Å². The van der Waals surface area contributed by atoms with E-state index in [4.69, 9.17) is 15.9 Å². The Morgan fingerprint density at radius 3 is 3.06 bits per heavy atom. The molecule has 1 aromatic rings. The summed E-state index contributed by atoms with van der Waals surface area (Å²) in [5.74, 6) is 4.75. The zero-order chi connectivity index (χ0) is 13.1. The first-order chi connectivity index (χ1) is 8.58. The minimum Gasteiger partial charge on any atom is -0.310 e. The van der Waals surface area contributed by atoms with Crippen molar-refractivity contribution >= 4 is 11.6 Å². The first kappa shape index (κ1) is 12.9. The zero-order valence-corrected chi connectivity index (χ0v) is 10.0. The van der Waals surface area contributed by atoms with Gasteiger partial charge in [-0.15, -0.1) is 0 Å². The summed E-state index contributed by atoms with van der Waals surface area (Å²) in [4.78, 5) is 18.7. The van der Waals surface area contributed by atoms with Gasteiger partial charge in [-0.3, -0.25) is 14.8 Å². The lowest BCUT2D eigenvalue weighted by Gasteiger charge is -2.18. The van der Waals surface area contributed by atoms with Crippen molar-refractivity contribution in [1.29, 1.82) is 0 Å². The molecule has 0 spiro atoms. The van der Waals surface area contributed by atoms with E-state index in [0.717, 1.165) is 11.3 Å². The van der Waals surface area contributed by atoms with E-state index >= 15 is 0 Å². The first-order valence-corrected chi connectivity index (χ1v) is 5.61. The number of rotatable bonds is 4. The predicted molar refractivity (Wildman–Crippen MR) is 64.0 cm³/mol. The van der Waals surface area contributed by atoms with Gasteiger partial charge >= 0.3 is 0 Å². The third kappa shape index (κ3) is 2.84. The fraction of sp³-hybridized carbons (Fsp3) is 0.364. The highest BCUT2D eigenvalue weighted by molar-refractivity contribution is 5.98. The Labute approximate surface area is 105 Å². The molecule has 0 radical (unpaired) electrons. The van der Waals surface area contributed by atoms with Crippen LogP contribution < -0.4 is 16.3 Å². The van der Waals surface area contributed by atoms with Gasteiger partial charge in [0.2, 0.25) is 0 Å². The van der Waals surface area contributed by atoms with Gasteiger partial charge in [-0.1, -0.05) is 17.7 Å². The van der Waals surface area contributed by atoms with Crippen molar-refractivity contribution in [2.24, 2.45) is 5.84 Å². The van der Waals surface area contributed by atoms with Crippen LogP contribution in [-0.2, 0) is 9.63 Å². The van der Waals surface area contributed by atoms with Crippen LogP contribution in [0.2, 0.25) is 0 Å². The van der Waals surface area contributed by atoms with Gasteiger partial charge in [-0.05, 0) is 29.9 Å². The second-order valence-electron chi connectivity index (χ2n) is 4.16. The van der Waals surface area contributed by atoms with Gasteiger partial charge in [-0.25, -0.2) is 5.84 Å². The Hall–Kier alpha value is -1.51. The molecule has 0 unspecified atom stereocenters. The number of carbonyl (C=O) groups excluding carboxylic acids is 1. The fourth-order valence-electron chi connectivity index (χ4n) is 1.93. The topological polar surface area (TPSA) is 91.1 Å². The summed E-state index contributed by atoms with van der Waals surface area (Å²) < 4.78 is 0. The molecule has 2 rings (SSSR count). The van der Waals surface area contributed by atoms with Crippen LogP contribution in [0.15, 0.2) is 24.3 Å². The van der Waals surface area contributed by atoms with Crippen LogP contribution in [0.3, 0.4) is 0 Å². The Kier molecular flexibility index (Phi) is 3.90. The number of aryl methyl sites for hydroxylation is 1. The molecule has 1 saturated heterocycles. The predicted octanol–water partition coefficient (Wildman–Crippen LogP) is 0.101. The summed E-state index contributed by atoms with van der Waals surface area (Å²) in [5.41, 5.74) is 3.96. The molecular weight excluding hydrogens is 236 g/mol. The van der Waals surface area contributed by atoms with Crippen LogP contribution in [0, 0.1) is 6.92 Å². The molecule has 0 aromatic heterocycles. The Morgan fingerprint density at radius 1 is 1.61 bits per heavy atom. The fourth-order valence-corrected chi connectivity index (χ4v) is 1.93. The molecule has 0 aliphatic carbocycles. The highest BCUT2D eigenvalue weighted by atomic mass is 16.8. The minimum atomic E-state index is -0.649. The molecule has 1 atom stereocenters. The van der Waals surface area contributed by atoms with Crippen molar-refractivity contribution in [2.45, 2.75) is 19.4 Å². The van der Waals surface area contributed by atoms with E-state index in [1.807, 2.05) is 36.8 Å². The molecule has 0 saturated carbocycles. The average molecular weight is 252 g/mol. The second-order valence-corrected chi connectivity index (χ2v) is 4.16. The lowest BCUT2D eigenvalue weighted by atomic mass is 10.2. The van der Waals surface area contributed by atoms with Crippen LogP contribution in [0.4, 0.5) is 5.69 Å². The highest BCUT2D eigenvalue weighted by Crippen LogP contribution is 2.23. The number of carbonyl (C=O) groups is 1. The monoisotopic (exact) mass is 252 g/mol. The molecule has 4 N–H and O–H groups in total. The van der Waals surface area contributed by atoms with Gasteiger partial charge in [0, 0.05) is 18.7 Å². The smallest absolute Gasteiger partial charge is 0.258 e. The van der Waals surface area contributed by atoms with Crippen LogP contribution in [0.5, 0.6) is 0 Å².